The zero-order valence-electron chi connectivity index (χ0n) is 17.7. The molecule has 1 atom stereocenters. The van der Waals surface area contributed by atoms with Crippen molar-refractivity contribution < 1.29 is 14.3 Å². The highest BCUT2D eigenvalue weighted by atomic mass is 35.5. The first-order valence-electron chi connectivity index (χ1n) is 10.8. The number of ether oxygens (including phenoxy) is 2. The monoisotopic (exact) mass is 462 g/mol. The summed E-state index contributed by atoms with van der Waals surface area (Å²) in [5, 5.41) is 1.47. The normalized spacial score (nSPS) is 20.5. The van der Waals surface area contributed by atoms with Crippen LogP contribution in [-0.2, 0) is 11.2 Å². The van der Waals surface area contributed by atoms with Crippen molar-refractivity contribution >= 4 is 35.0 Å². The van der Waals surface area contributed by atoms with Crippen molar-refractivity contribution in [3.8, 4) is 5.75 Å². The van der Waals surface area contributed by atoms with Crippen molar-refractivity contribution in [3.63, 3.8) is 0 Å². The number of benzene rings is 2. The van der Waals surface area contributed by atoms with Crippen LogP contribution < -0.4 is 9.64 Å². The number of hydrogen-bond donors (Lipinski definition) is 0. The highest BCUT2D eigenvalue weighted by molar-refractivity contribution is 6.31. The van der Waals surface area contributed by atoms with Crippen molar-refractivity contribution in [3.05, 3.63) is 58.1 Å². The van der Waals surface area contributed by atoms with Crippen molar-refractivity contribution in [1.29, 1.82) is 0 Å². The third-order valence-electron chi connectivity index (χ3n) is 6.23. The van der Waals surface area contributed by atoms with Crippen LogP contribution in [0.2, 0.25) is 10.0 Å². The molecule has 2 aromatic rings. The van der Waals surface area contributed by atoms with Crippen LogP contribution in [-0.4, -0.2) is 50.9 Å². The number of nitrogens with zero attached hydrogens (tertiary/aromatic N) is 2. The molecule has 4 rings (SSSR count). The van der Waals surface area contributed by atoms with Gasteiger partial charge in [0.2, 0.25) is 0 Å². The zero-order valence-corrected chi connectivity index (χ0v) is 19.2. The molecule has 0 spiro atoms. The minimum Gasteiger partial charge on any atom is -0.497 e. The van der Waals surface area contributed by atoms with Crippen LogP contribution in [0, 0.1) is 11.8 Å². The third-order valence-corrected chi connectivity index (χ3v) is 6.85. The van der Waals surface area contributed by atoms with Gasteiger partial charge in [0.05, 0.1) is 13.7 Å². The van der Waals surface area contributed by atoms with Crippen molar-refractivity contribution in [1.82, 2.24) is 4.90 Å². The van der Waals surface area contributed by atoms with Gasteiger partial charge in [-0.25, -0.2) is 4.79 Å². The fourth-order valence-electron chi connectivity index (χ4n) is 4.48. The van der Waals surface area contributed by atoms with Gasteiger partial charge in [-0.3, -0.25) is 4.90 Å². The SMILES string of the molecule is COc1ccc(Cl)c(CC2CCN(CC3COC(=O)N(c4ccc(Cl)cc4)C3)CC2)c1. The molecule has 31 heavy (non-hydrogen) atoms. The number of hydrogen-bond acceptors (Lipinski definition) is 4. The maximum Gasteiger partial charge on any atom is 0.414 e. The fourth-order valence-corrected chi connectivity index (χ4v) is 4.80. The summed E-state index contributed by atoms with van der Waals surface area (Å²) in [4.78, 5) is 16.4. The molecule has 0 bridgehead atoms. The van der Waals surface area contributed by atoms with E-state index in [9.17, 15) is 4.79 Å². The minimum absolute atomic E-state index is 0.285. The van der Waals surface area contributed by atoms with E-state index in [-0.39, 0.29) is 12.0 Å². The Morgan fingerprint density at radius 2 is 1.81 bits per heavy atom. The van der Waals surface area contributed by atoms with Crippen LogP contribution in [0.15, 0.2) is 42.5 Å². The third kappa shape index (κ3) is 5.65. The Labute approximate surface area is 193 Å². The molecule has 0 aromatic heterocycles. The molecular weight excluding hydrogens is 435 g/mol. The first-order chi connectivity index (χ1) is 15.0. The van der Waals surface area contributed by atoms with E-state index < -0.39 is 0 Å². The Morgan fingerprint density at radius 1 is 1.06 bits per heavy atom. The highest BCUT2D eigenvalue weighted by Gasteiger charge is 2.30. The molecule has 1 unspecified atom stereocenters. The van der Waals surface area contributed by atoms with Gasteiger partial charge >= 0.3 is 6.09 Å². The molecule has 0 aliphatic carbocycles. The number of likely N-dealkylation sites (tertiary alicyclic amines) is 1. The van der Waals surface area contributed by atoms with Gasteiger partial charge in [-0.1, -0.05) is 23.2 Å². The largest absolute Gasteiger partial charge is 0.497 e. The molecule has 5 nitrogen and oxygen atoms in total. The van der Waals surface area contributed by atoms with E-state index in [1.54, 1.807) is 24.1 Å². The van der Waals surface area contributed by atoms with E-state index in [0.717, 1.165) is 60.9 Å². The molecule has 2 heterocycles. The Bertz CT molecular complexity index is 898. The number of amides is 1. The number of anilines is 1. The lowest BCUT2D eigenvalue weighted by Gasteiger charge is -2.38. The number of carbonyl (C=O) groups is 1. The Hall–Kier alpha value is -1.95. The number of halogens is 2. The smallest absolute Gasteiger partial charge is 0.414 e. The Kier molecular flexibility index (Phi) is 7.26. The molecular formula is C24H28Cl2N2O3. The van der Waals surface area contributed by atoms with Crippen LogP contribution in [0.3, 0.4) is 0 Å². The summed E-state index contributed by atoms with van der Waals surface area (Å²) in [7, 11) is 1.68. The van der Waals surface area contributed by atoms with Crippen molar-refractivity contribution in [2.45, 2.75) is 19.3 Å². The fraction of sp³-hybridized carbons (Fsp3) is 0.458. The molecule has 7 heteroatoms. The van der Waals surface area contributed by atoms with Gasteiger partial charge in [0.1, 0.15) is 5.75 Å². The van der Waals surface area contributed by atoms with Crippen LogP contribution >= 0.6 is 23.2 Å². The molecule has 2 fully saturated rings. The van der Waals surface area contributed by atoms with Crippen molar-refractivity contribution in [2.75, 3.05) is 44.8 Å². The summed E-state index contributed by atoms with van der Waals surface area (Å²) in [6.45, 7) is 4.18. The van der Waals surface area contributed by atoms with E-state index in [2.05, 4.69) is 11.0 Å². The zero-order chi connectivity index (χ0) is 21.8. The van der Waals surface area contributed by atoms with Crippen molar-refractivity contribution in [2.24, 2.45) is 11.8 Å². The van der Waals surface area contributed by atoms with E-state index in [4.69, 9.17) is 32.7 Å². The lowest BCUT2D eigenvalue weighted by molar-refractivity contribution is 0.0870. The molecule has 0 radical (unpaired) electrons. The molecule has 2 aromatic carbocycles. The molecule has 2 aliphatic rings. The predicted molar refractivity (Wildman–Crippen MR) is 125 cm³/mol. The average Bonchev–Trinajstić information content (AvgIpc) is 2.78. The van der Waals surface area contributed by atoms with Crippen LogP contribution in [0.1, 0.15) is 18.4 Å². The standard InChI is InChI=1S/C24H28Cl2N2O3/c1-30-22-6-7-23(26)19(13-22)12-17-8-10-27(11-9-17)14-18-15-28(24(29)31-16-18)21-4-2-20(25)3-5-21/h2-7,13,17-18H,8-12,14-16H2,1H3. The van der Waals surface area contributed by atoms with Crippen LogP contribution in [0.4, 0.5) is 10.5 Å². The number of cyclic esters (lactones) is 1. The minimum atomic E-state index is -0.285. The summed E-state index contributed by atoms with van der Waals surface area (Å²) in [6, 6.07) is 13.2. The first kappa shape index (κ1) is 22.3. The van der Waals surface area contributed by atoms with E-state index in [0.29, 0.717) is 24.1 Å². The maximum atomic E-state index is 12.2. The summed E-state index contributed by atoms with van der Waals surface area (Å²) in [6.07, 6.45) is 2.98. The Morgan fingerprint density at radius 3 is 2.52 bits per heavy atom. The molecule has 0 N–H and O–H groups in total. The molecule has 2 aliphatic heterocycles. The Balaban J connectivity index is 1.28. The van der Waals surface area contributed by atoms with E-state index in [1.165, 1.54) is 0 Å². The second-order valence-electron chi connectivity index (χ2n) is 8.44. The molecule has 1 amide bonds. The summed E-state index contributed by atoms with van der Waals surface area (Å²) < 4.78 is 10.8. The van der Waals surface area contributed by atoms with Crippen LogP contribution in [0.5, 0.6) is 5.75 Å². The molecule has 2 saturated heterocycles. The van der Waals surface area contributed by atoms with Gasteiger partial charge in [-0.15, -0.1) is 0 Å². The van der Waals surface area contributed by atoms with E-state index in [1.807, 2.05) is 24.3 Å². The summed E-state index contributed by atoms with van der Waals surface area (Å²) in [5.41, 5.74) is 1.99. The summed E-state index contributed by atoms with van der Waals surface area (Å²) in [5.74, 6) is 1.77. The second-order valence-corrected chi connectivity index (χ2v) is 9.28. The average molecular weight is 463 g/mol. The number of piperidine rings is 1. The number of rotatable bonds is 6. The topological polar surface area (TPSA) is 42.0 Å². The predicted octanol–water partition coefficient (Wildman–Crippen LogP) is 5.53. The lowest BCUT2D eigenvalue weighted by atomic mass is 9.89. The van der Waals surface area contributed by atoms with Gasteiger partial charge in [0.15, 0.2) is 0 Å². The second kappa shape index (κ2) is 10.1. The molecule has 0 saturated carbocycles. The highest BCUT2D eigenvalue weighted by Crippen LogP contribution is 2.29. The lowest BCUT2D eigenvalue weighted by Crippen LogP contribution is -2.48. The van der Waals surface area contributed by atoms with E-state index >= 15 is 0 Å². The van der Waals surface area contributed by atoms with Gasteiger partial charge in [-0.2, -0.15) is 0 Å². The van der Waals surface area contributed by atoms with Crippen LogP contribution in [0.25, 0.3) is 0 Å². The van der Waals surface area contributed by atoms with Gasteiger partial charge in [-0.05, 0) is 86.3 Å². The number of methoxy groups -OCH3 is 1. The molecule has 166 valence electrons. The first-order valence-corrected chi connectivity index (χ1v) is 11.5. The van der Waals surface area contributed by atoms with Gasteiger partial charge in [0.25, 0.3) is 0 Å². The number of carbonyl (C=O) groups excluding carboxylic acids is 1. The van der Waals surface area contributed by atoms with Gasteiger partial charge < -0.3 is 14.4 Å². The quantitative estimate of drug-likeness (QED) is 0.565. The van der Waals surface area contributed by atoms with Gasteiger partial charge in [0, 0.05) is 34.7 Å². The summed E-state index contributed by atoms with van der Waals surface area (Å²) >= 11 is 12.4. The maximum absolute atomic E-state index is 12.2.